The molecule has 0 unspecified atom stereocenters. The van der Waals surface area contributed by atoms with E-state index in [-0.39, 0.29) is 0 Å². The number of benzene rings is 2. The van der Waals surface area contributed by atoms with Crippen LogP contribution in [-0.4, -0.2) is 6.08 Å². The quantitative estimate of drug-likeness (QED) is 0.424. The van der Waals surface area contributed by atoms with Crippen molar-refractivity contribution in [2.75, 3.05) is 0 Å². The van der Waals surface area contributed by atoms with E-state index >= 15 is 0 Å². The van der Waals surface area contributed by atoms with Crippen molar-refractivity contribution < 1.29 is 4.79 Å². The van der Waals surface area contributed by atoms with Crippen LogP contribution < -0.4 is 0 Å². The molecule has 3 heteroatoms. The summed E-state index contributed by atoms with van der Waals surface area (Å²) >= 11 is 1.15. The van der Waals surface area contributed by atoms with E-state index in [4.69, 9.17) is 0 Å². The second kappa shape index (κ2) is 4.09. The van der Waals surface area contributed by atoms with Gasteiger partial charge in [0.2, 0.25) is 6.08 Å². The maximum atomic E-state index is 10.0. The molecule has 0 spiro atoms. The highest BCUT2D eigenvalue weighted by atomic mass is 32.2. The first kappa shape index (κ1) is 9.00. The zero-order valence-corrected chi connectivity index (χ0v) is 8.12. The normalized spacial score (nSPS) is 9.71. The van der Waals surface area contributed by atoms with E-state index in [1.165, 1.54) is 6.08 Å². The summed E-state index contributed by atoms with van der Waals surface area (Å²) in [4.78, 5) is 11.0. The minimum atomic E-state index is 0.978. The van der Waals surface area contributed by atoms with E-state index in [9.17, 15) is 4.79 Å². The monoisotopic (exact) mass is 201 g/mol. The molecule has 0 aliphatic heterocycles. The predicted octanol–water partition coefficient (Wildman–Crippen LogP) is 3.18. The molecule has 68 valence electrons. The van der Waals surface area contributed by atoms with Crippen molar-refractivity contribution in [3.8, 4) is 0 Å². The van der Waals surface area contributed by atoms with Gasteiger partial charge in [0, 0.05) is 16.8 Å². The Morgan fingerprint density at radius 1 is 1.07 bits per heavy atom. The van der Waals surface area contributed by atoms with Crippen molar-refractivity contribution in [3.05, 3.63) is 42.5 Å². The molecule has 0 saturated heterocycles. The summed E-state index contributed by atoms with van der Waals surface area (Å²) in [5.74, 6) is 0. The lowest BCUT2D eigenvalue weighted by Crippen LogP contribution is -1.74. The Morgan fingerprint density at radius 2 is 1.86 bits per heavy atom. The lowest BCUT2D eigenvalue weighted by atomic mass is 10.1. The van der Waals surface area contributed by atoms with Gasteiger partial charge in [-0.2, -0.15) is 0 Å². The minimum absolute atomic E-state index is 0.978. The second-order valence-corrected chi connectivity index (χ2v) is 3.56. The van der Waals surface area contributed by atoms with Gasteiger partial charge in [-0.15, -0.1) is 4.40 Å². The van der Waals surface area contributed by atoms with E-state index < -0.39 is 0 Å². The summed E-state index contributed by atoms with van der Waals surface area (Å²) in [6.45, 7) is 0. The Bertz CT molecular complexity index is 498. The summed E-state index contributed by atoms with van der Waals surface area (Å²) in [5.41, 5.74) is 0. The lowest BCUT2D eigenvalue weighted by molar-refractivity contribution is 0.566. The van der Waals surface area contributed by atoms with E-state index in [1.54, 1.807) is 0 Å². The number of nitrogens with zero attached hydrogens (tertiary/aromatic N) is 1. The molecule has 0 aromatic heterocycles. The summed E-state index contributed by atoms with van der Waals surface area (Å²) in [7, 11) is 0. The third-order valence-corrected chi connectivity index (χ3v) is 2.65. The molecule has 2 rings (SSSR count). The molecule has 0 N–H and O–H groups in total. The molecule has 0 atom stereocenters. The molecule has 2 aromatic rings. The molecular weight excluding hydrogens is 194 g/mol. The molecule has 0 saturated carbocycles. The van der Waals surface area contributed by atoms with E-state index in [1.807, 2.05) is 42.5 Å². The van der Waals surface area contributed by atoms with Crippen LogP contribution in [0.1, 0.15) is 0 Å². The summed E-state index contributed by atoms with van der Waals surface area (Å²) in [6, 6.07) is 13.9. The molecule has 0 radical (unpaired) electrons. The van der Waals surface area contributed by atoms with Gasteiger partial charge in [0.1, 0.15) is 0 Å². The van der Waals surface area contributed by atoms with Gasteiger partial charge in [-0.1, -0.05) is 36.4 Å². The van der Waals surface area contributed by atoms with Crippen LogP contribution >= 0.6 is 11.9 Å². The average Bonchev–Trinajstić information content (AvgIpc) is 2.26. The highest BCUT2D eigenvalue weighted by Crippen LogP contribution is 2.27. The van der Waals surface area contributed by atoms with Crippen LogP contribution in [-0.2, 0) is 4.79 Å². The van der Waals surface area contributed by atoms with Crippen molar-refractivity contribution in [1.29, 1.82) is 0 Å². The van der Waals surface area contributed by atoms with Crippen LogP contribution in [0, 0.1) is 0 Å². The summed E-state index contributed by atoms with van der Waals surface area (Å²) < 4.78 is 3.50. The van der Waals surface area contributed by atoms with Crippen LogP contribution in [0.25, 0.3) is 10.8 Å². The van der Waals surface area contributed by atoms with Crippen LogP contribution in [0.3, 0.4) is 0 Å². The van der Waals surface area contributed by atoms with Gasteiger partial charge < -0.3 is 0 Å². The molecule has 14 heavy (non-hydrogen) atoms. The first-order chi connectivity index (χ1) is 6.92. The molecule has 0 bridgehead atoms. The number of hydrogen-bond donors (Lipinski definition) is 0. The van der Waals surface area contributed by atoms with E-state index in [2.05, 4.69) is 4.40 Å². The van der Waals surface area contributed by atoms with Crippen molar-refractivity contribution in [2.24, 2.45) is 4.40 Å². The highest BCUT2D eigenvalue weighted by molar-refractivity contribution is 7.98. The third-order valence-electron chi connectivity index (χ3n) is 1.93. The number of carbonyl (C=O) groups excluding carboxylic acids is 1. The number of rotatable bonds is 2. The molecule has 2 aromatic carbocycles. The molecule has 2 nitrogen and oxygen atoms in total. The second-order valence-electron chi connectivity index (χ2n) is 2.75. The summed E-state index contributed by atoms with van der Waals surface area (Å²) in [5, 5.41) is 2.26. The van der Waals surface area contributed by atoms with Crippen LogP contribution in [0.5, 0.6) is 0 Å². The number of fused-ring (bicyclic) bond motifs is 1. The van der Waals surface area contributed by atoms with Gasteiger partial charge in [0.15, 0.2) is 0 Å². The highest BCUT2D eigenvalue weighted by Gasteiger charge is 1.98. The van der Waals surface area contributed by atoms with Crippen LogP contribution in [0.15, 0.2) is 51.8 Å². The fourth-order valence-corrected chi connectivity index (χ4v) is 1.90. The van der Waals surface area contributed by atoms with E-state index in [0.29, 0.717) is 0 Å². The lowest BCUT2D eigenvalue weighted by Gasteiger charge is -2.00. The van der Waals surface area contributed by atoms with Crippen molar-refractivity contribution in [2.45, 2.75) is 4.90 Å². The van der Waals surface area contributed by atoms with Gasteiger partial charge in [-0.25, -0.2) is 4.79 Å². The number of isocyanates is 1. The van der Waals surface area contributed by atoms with Gasteiger partial charge in [-0.3, -0.25) is 0 Å². The van der Waals surface area contributed by atoms with Crippen molar-refractivity contribution in [3.63, 3.8) is 0 Å². The van der Waals surface area contributed by atoms with Gasteiger partial charge in [0.25, 0.3) is 0 Å². The Balaban J connectivity index is 2.58. The average molecular weight is 201 g/mol. The molecule has 0 aliphatic carbocycles. The fraction of sp³-hybridized carbons (Fsp3) is 0. The molecule has 0 aliphatic rings. The zero-order chi connectivity index (χ0) is 9.80. The number of hydrogen-bond acceptors (Lipinski definition) is 3. The van der Waals surface area contributed by atoms with Crippen LogP contribution in [0.2, 0.25) is 0 Å². The summed E-state index contributed by atoms with van der Waals surface area (Å²) in [6.07, 6.45) is 1.52. The Hall–Kier alpha value is -1.57. The zero-order valence-electron chi connectivity index (χ0n) is 7.31. The van der Waals surface area contributed by atoms with Gasteiger partial charge >= 0.3 is 0 Å². The molecular formula is C11H7NOS. The predicted molar refractivity (Wildman–Crippen MR) is 57.9 cm³/mol. The maximum absolute atomic E-state index is 10.0. The Morgan fingerprint density at radius 3 is 2.71 bits per heavy atom. The smallest absolute Gasteiger partial charge is 0.210 e. The fourth-order valence-electron chi connectivity index (χ4n) is 1.34. The van der Waals surface area contributed by atoms with Crippen LogP contribution in [0.4, 0.5) is 0 Å². The first-order valence-corrected chi connectivity index (χ1v) is 4.91. The largest absolute Gasteiger partial charge is 0.247 e. The maximum Gasteiger partial charge on any atom is 0.247 e. The standard InChI is InChI=1S/C11H7NOS/c13-8-12-14-11-7-3-5-9-4-1-2-6-10(9)11/h1-7H. The SMILES string of the molecule is O=C=NSc1cccc2ccccc12. The molecule has 0 heterocycles. The molecule has 0 amide bonds. The van der Waals surface area contributed by atoms with Gasteiger partial charge in [-0.05, 0) is 16.8 Å². The Labute approximate surface area is 85.8 Å². The van der Waals surface area contributed by atoms with Crippen molar-refractivity contribution in [1.82, 2.24) is 0 Å². The molecule has 0 fully saturated rings. The van der Waals surface area contributed by atoms with E-state index in [0.717, 1.165) is 27.6 Å². The first-order valence-electron chi connectivity index (χ1n) is 4.14. The topological polar surface area (TPSA) is 29.4 Å². The third kappa shape index (κ3) is 1.69. The van der Waals surface area contributed by atoms with Gasteiger partial charge in [0.05, 0.1) is 0 Å². The van der Waals surface area contributed by atoms with Crippen molar-refractivity contribution >= 4 is 28.8 Å². The Kier molecular flexibility index (Phi) is 2.63. The minimum Gasteiger partial charge on any atom is -0.210 e.